The highest BCUT2D eigenvalue weighted by Crippen LogP contribution is 2.27. The molecule has 1 N–H and O–H groups in total. The number of aromatic nitrogens is 1. The van der Waals surface area contributed by atoms with Crippen LogP contribution in [0.3, 0.4) is 0 Å². The van der Waals surface area contributed by atoms with Gasteiger partial charge < -0.3 is 5.32 Å². The third kappa shape index (κ3) is 2.43. The van der Waals surface area contributed by atoms with Gasteiger partial charge >= 0.3 is 0 Å². The summed E-state index contributed by atoms with van der Waals surface area (Å²) in [4.78, 5) is 6.92. The molecule has 1 aliphatic carbocycles. The Morgan fingerprint density at radius 3 is 3.17 bits per heavy atom. The first-order valence-electron chi connectivity index (χ1n) is 7.20. The maximum atomic E-state index is 4.23. The summed E-state index contributed by atoms with van der Waals surface area (Å²) in [6, 6.07) is 3.69. The Morgan fingerprint density at radius 2 is 2.28 bits per heavy atom. The SMILES string of the molecule is CN[C@@H]1CCC[C@H](N2CCc3cnccc3C2)C1. The molecule has 3 heteroatoms. The molecule has 1 aromatic heterocycles. The zero-order chi connectivity index (χ0) is 12.4. The molecular weight excluding hydrogens is 222 g/mol. The molecule has 0 amide bonds. The molecule has 0 unspecified atom stereocenters. The van der Waals surface area contributed by atoms with E-state index in [0.717, 1.165) is 18.6 Å². The van der Waals surface area contributed by atoms with Gasteiger partial charge in [0.05, 0.1) is 0 Å². The number of hydrogen-bond acceptors (Lipinski definition) is 3. The molecule has 3 nitrogen and oxygen atoms in total. The van der Waals surface area contributed by atoms with E-state index in [2.05, 4.69) is 28.3 Å². The molecule has 18 heavy (non-hydrogen) atoms. The van der Waals surface area contributed by atoms with Gasteiger partial charge in [0.2, 0.25) is 0 Å². The number of hydrogen-bond donors (Lipinski definition) is 1. The lowest BCUT2D eigenvalue weighted by molar-refractivity contribution is 0.127. The smallest absolute Gasteiger partial charge is 0.0303 e. The minimum absolute atomic E-state index is 0.725. The second kappa shape index (κ2) is 5.37. The highest BCUT2D eigenvalue weighted by molar-refractivity contribution is 5.25. The lowest BCUT2D eigenvalue weighted by atomic mass is 9.88. The van der Waals surface area contributed by atoms with Gasteiger partial charge in [0.1, 0.15) is 0 Å². The second-order valence-corrected chi connectivity index (χ2v) is 5.67. The van der Waals surface area contributed by atoms with Gasteiger partial charge in [-0.1, -0.05) is 6.42 Å². The first kappa shape index (κ1) is 12.1. The van der Waals surface area contributed by atoms with Crippen LogP contribution in [-0.4, -0.2) is 35.6 Å². The molecule has 0 radical (unpaired) electrons. The number of rotatable bonds is 2. The van der Waals surface area contributed by atoms with Crippen molar-refractivity contribution in [3.63, 3.8) is 0 Å². The first-order chi connectivity index (χ1) is 8.86. The van der Waals surface area contributed by atoms with Gasteiger partial charge in [0, 0.05) is 37.6 Å². The van der Waals surface area contributed by atoms with Crippen LogP contribution in [0.2, 0.25) is 0 Å². The van der Waals surface area contributed by atoms with E-state index in [9.17, 15) is 0 Å². The van der Waals surface area contributed by atoms with Crippen LogP contribution < -0.4 is 5.32 Å². The zero-order valence-electron chi connectivity index (χ0n) is 11.2. The molecule has 3 rings (SSSR count). The average Bonchev–Trinajstić information content (AvgIpc) is 2.47. The predicted octanol–water partition coefficient (Wildman–Crippen LogP) is 1.97. The first-order valence-corrected chi connectivity index (χ1v) is 7.20. The van der Waals surface area contributed by atoms with Gasteiger partial charge in [-0.25, -0.2) is 0 Å². The van der Waals surface area contributed by atoms with E-state index < -0.39 is 0 Å². The summed E-state index contributed by atoms with van der Waals surface area (Å²) >= 11 is 0. The number of fused-ring (bicyclic) bond motifs is 1. The van der Waals surface area contributed by atoms with Crippen molar-refractivity contribution < 1.29 is 0 Å². The molecule has 1 saturated carbocycles. The summed E-state index contributed by atoms with van der Waals surface area (Å²) in [5.41, 5.74) is 2.94. The largest absolute Gasteiger partial charge is 0.317 e. The Labute approximate surface area is 110 Å². The van der Waals surface area contributed by atoms with Crippen molar-refractivity contribution in [3.8, 4) is 0 Å². The maximum Gasteiger partial charge on any atom is 0.0303 e. The molecule has 0 bridgehead atoms. The standard InChI is InChI=1S/C15H23N3/c1-16-14-3-2-4-15(9-14)18-8-6-12-10-17-7-5-13(12)11-18/h5,7,10,14-16H,2-4,6,8-9,11H2,1H3/t14-,15+/m1/s1. The summed E-state index contributed by atoms with van der Waals surface area (Å²) in [5.74, 6) is 0. The van der Waals surface area contributed by atoms with E-state index >= 15 is 0 Å². The van der Waals surface area contributed by atoms with Gasteiger partial charge in [-0.15, -0.1) is 0 Å². The minimum atomic E-state index is 0.725. The topological polar surface area (TPSA) is 28.2 Å². The minimum Gasteiger partial charge on any atom is -0.317 e. The Bertz CT molecular complexity index is 404. The van der Waals surface area contributed by atoms with Gasteiger partial charge in [-0.2, -0.15) is 0 Å². The molecule has 1 aromatic rings. The van der Waals surface area contributed by atoms with Crippen molar-refractivity contribution in [2.75, 3.05) is 13.6 Å². The lowest BCUT2D eigenvalue weighted by Gasteiger charge is -2.39. The molecule has 0 saturated heterocycles. The average molecular weight is 245 g/mol. The van der Waals surface area contributed by atoms with E-state index in [4.69, 9.17) is 0 Å². The fourth-order valence-corrected chi connectivity index (χ4v) is 3.47. The van der Waals surface area contributed by atoms with Crippen molar-refractivity contribution in [1.29, 1.82) is 0 Å². The molecule has 1 aliphatic heterocycles. The Kier molecular flexibility index (Phi) is 3.62. The van der Waals surface area contributed by atoms with E-state index in [-0.39, 0.29) is 0 Å². The van der Waals surface area contributed by atoms with Crippen molar-refractivity contribution in [2.45, 2.75) is 50.7 Å². The van der Waals surface area contributed by atoms with Crippen LogP contribution >= 0.6 is 0 Å². The molecule has 2 heterocycles. The Balaban J connectivity index is 1.68. The summed E-state index contributed by atoms with van der Waals surface area (Å²) in [6.45, 7) is 2.33. The van der Waals surface area contributed by atoms with Gasteiger partial charge in [-0.3, -0.25) is 9.88 Å². The fourth-order valence-electron chi connectivity index (χ4n) is 3.47. The van der Waals surface area contributed by atoms with Crippen LogP contribution in [0.25, 0.3) is 0 Å². The predicted molar refractivity (Wildman–Crippen MR) is 73.5 cm³/mol. The quantitative estimate of drug-likeness (QED) is 0.863. The Hall–Kier alpha value is -0.930. The van der Waals surface area contributed by atoms with Gasteiger partial charge in [0.25, 0.3) is 0 Å². The zero-order valence-corrected chi connectivity index (χ0v) is 11.2. The highest BCUT2D eigenvalue weighted by atomic mass is 15.2. The van der Waals surface area contributed by atoms with Gasteiger partial charge in [-0.05, 0) is 49.9 Å². The van der Waals surface area contributed by atoms with Crippen molar-refractivity contribution in [2.24, 2.45) is 0 Å². The normalized spacial score (nSPS) is 28.9. The van der Waals surface area contributed by atoms with Crippen molar-refractivity contribution in [3.05, 3.63) is 29.6 Å². The lowest BCUT2D eigenvalue weighted by Crippen LogP contribution is -2.45. The third-order valence-electron chi connectivity index (χ3n) is 4.62. The van der Waals surface area contributed by atoms with Crippen LogP contribution in [0.1, 0.15) is 36.8 Å². The molecule has 2 atom stereocenters. The highest BCUT2D eigenvalue weighted by Gasteiger charge is 2.28. The second-order valence-electron chi connectivity index (χ2n) is 5.67. The van der Waals surface area contributed by atoms with Crippen LogP contribution in [0.5, 0.6) is 0 Å². The maximum absolute atomic E-state index is 4.23. The van der Waals surface area contributed by atoms with E-state index in [1.54, 1.807) is 0 Å². The molecular formula is C15H23N3. The molecule has 0 aromatic carbocycles. The molecule has 0 spiro atoms. The van der Waals surface area contributed by atoms with Gasteiger partial charge in [0.15, 0.2) is 0 Å². The summed E-state index contributed by atoms with van der Waals surface area (Å²) in [6.07, 6.45) is 10.6. The number of nitrogens with zero attached hydrogens (tertiary/aromatic N) is 2. The van der Waals surface area contributed by atoms with E-state index in [1.807, 2.05) is 12.4 Å². The van der Waals surface area contributed by atoms with Crippen LogP contribution in [-0.2, 0) is 13.0 Å². The van der Waals surface area contributed by atoms with Crippen molar-refractivity contribution >= 4 is 0 Å². The van der Waals surface area contributed by atoms with Crippen LogP contribution in [0.4, 0.5) is 0 Å². The molecule has 98 valence electrons. The number of nitrogens with one attached hydrogen (secondary N) is 1. The fraction of sp³-hybridized carbons (Fsp3) is 0.667. The summed E-state index contributed by atoms with van der Waals surface area (Å²) in [5, 5.41) is 3.46. The van der Waals surface area contributed by atoms with Crippen LogP contribution in [0, 0.1) is 0 Å². The van der Waals surface area contributed by atoms with E-state index in [0.29, 0.717) is 0 Å². The molecule has 2 aliphatic rings. The molecule has 1 fully saturated rings. The Morgan fingerprint density at radius 1 is 1.33 bits per heavy atom. The summed E-state index contributed by atoms with van der Waals surface area (Å²) < 4.78 is 0. The third-order valence-corrected chi connectivity index (χ3v) is 4.62. The summed E-state index contributed by atoms with van der Waals surface area (Å²) in [7, 11) is 2.10. The van der Waals surface area contributed by atoms with E-state index in [1.165, 1.54) is 49.8 Å². The van der Waals surface area contributed by atoms with Crippen molar-refractivity contribution in [1.82, 2.24) is 15.2 Å². The number of pyridine rings is 1. The van der Waals surface area contributed by atoms with Crippen LogP contribution in [0.15, 0.2) is 18.5 Å². The monoisotopic (exact) mass is 245 g/mol.